The van der Waals surface area contributed by atoms with Crippen molar-refractivity contribution in [3.05, 3.63) is 17.7 Å². The molecule has 1 fully saturated rings. The molecule has 86 valence electrons. The van der Waals surface area contributed by atoms with E-state index in [1.165, 1.54) is 12.0 Å². The minimum atomic E-state index is 0.285. The third-order valence-electron chi connectivity index (χ3n) is 3.16. The Kier molecular flexibility index (Phi) is 2.36. The van der Waals surface area contributed by atoms with E-state index in [0.717, 1.165) is 30.2 Å². The van der Waals surface area contributed by atoms with E-state index in [9.17, 15) is 0 Å². The van der Waals surface area contributed by atoms with Gasteiger partial charge in [-0.2, -0.15) is 0 Å². The summed E-state index contributed by atoms with van der Waals surface area (Å²) in [5, 5.41) is 3.46. The highest BCUT2D eigenvalue weighted by molar-refractivity contribution is 5.57. The summed E-state index contributed by atoms with van der Waals surface area (Å²) in [6.45, 7) is 1.36. The van der Waals surface area contributed by atoms with Gasteiger partial charge in [-0.3, -0.25) is 0 Å². The van der Waals surface area contributed by atoms with Crippen molar-refractivity contribution >= 4 is 0 Å². The Morgan fingerprint density at radius 2 is 2.31 bits per heavy atom. The van der Waals surface area contributed by atoms with Crippen molar-refractivity contribution in [1.82, 2.24) is 5.32 Å². The van der Waals surface area contributed by atoms with Gasteiger partial charge in [0.1, 0.15) is 0 Å². The Labute approximate surface area is 94.5 Å². The van der Waals surface area contributed by atoms with Crippen molar-refractivity contribution in [3.8, 4) is 17.2 Å². The zero-order chi connectivity index (χ0) is 11.0. The molecule has 3 rings (SSSR count). The zero-order valence-corrected chi connectivity index (χ0v) is 9.29. The van der Waals surface area contributed by atoms with E-state index in [0.29, 0.717) is 6.04 Å². The lowest BCUT2D eigenvalue weighted by Gasteiger charge is -2.16. The van der Waals surface area contributed by atoms with Crippen molar-refractivity contribution in [2.24, 2.45) is 0 Å². The first-order valence-electron chi connectivity index (χ1n) is 5.60. The molecule has 1 aromatic rings. The molecule has 0 bridgehead atoms. The summed E-state index contributed by atoms with van der Waals surface area (Å²) < 4.78 is 16.2. The lowest BCUT2D eigenvalue weighted by Crippen LogP contribution is -2.13. The molecule has 1 aromatic carbocycles. The maximum atomic E-state index is 5.46. The second-order valence-corrected chi connectivity index (χ2v) is 4.07. The van der Waals surface area contributed by atoms with E-state index in [-0.39, 0.29) is 6.79 Å². The molecule has 4 heteroatoms. The summed E-state index contributed by atoms with van der Waals surface area (Å²) in [4.78, 5) is 0. The van der Waals surface area contributed by atoms with Crippen LogP contribution in [0.3, 0.4) is 0 Å². The molecule has 1 saturated heterocycles. The fourth-order valence-corrected chi connectivity index (χ4v) is 2.40. The van der Waals surface area contributed by atoms with Crippen LogP contribution in [0.15, 0.2) is 12.1 Å². The largest absolute Gasteiger partial charge is 0.492 e. The number of rotatable bonds is 2. The van der Waals surface area contributed by atoms with Gasteiger partial charge in [-0.1, -0.05) is 0 Å². The standard InChI is InChI=1S/C12H15NO3/c1-14-11-8(9-3-2-6-13-9)4-5-10-12(11)16-7-15-10/h4-5,9,13H,2-3,6-7H2,1H3. The molecule has 0 aromatic heterocycles. The Balaban J connectivity index is 2.04. The topological polar surface area (TPSA) is 39.7 Å². The number of hydrogen-bond acceptors (Lipinski definition) is 4. The van der Waals surface area contributed by atoms with E-state index in [2.05, 4.69) is 11.4 Å². The highest BCUT2D eigenvalue weighted by Gasteiger charge is 2.26. The summed E-state index contributed by atoms with van der Waals surface area (Å²) in [5.74, 6) is 2.33. The van der Waals surface area contributed by atoms with Crippen LogP contribution in [0.1, 0.15) is 24.4 Å². The molecule has 2 aliphatic rings. The number of fused-ring (bicyclic) bond motifs is 1. The van der Waals surface area contributed by atoms with Gasteiger partial charge in [-0.25, -0.2) is 0 Å². The fourth-order valence-electron chi connectivity index (χ4n) is 2.40. The minimum Gasteiger partial charge on any atom is -0.492 e. The Morgan fingerprint density at radius 3 is 3.06 bits per heavy atom. The lowest BCUT2D eigenvalue weighted by molar-refractivity contribution is 0.171. The summed E-state index contributed by atoms with van der Waals surface area (Å²) in [7, 11) is 1.68. The summed E-state index contributed by atoms with van der Waals surface area (Å²) >= 11 is 0. The van der Waals surface area contributed by atoms with Crippen molar-refractivity contribution in [1.29, 1.82) is 0 Å². The van der Waals surface area contributed by atoms with Crippen molar-refractivity contribution < 1.29 is 14.2 Å². The van der Waals surface area contributed by atoms with E-state index in [4.69, 9.17) is 14.2 Å². The minimum absolute atomic E-state index is 0.285. The number of nitrogens with one attached hydrogen (secondary N) is 1. The van der Waals surface area contributed by atoms with Gasteiger partial charge in [-0.15, -0.1) is 0 Å². The van der Waals surface area contributed by atoms with Gasteiger partial charge in [0.05, 0.1) is 7.11 Å². The Morgan fingerprint density at radius 1 is 1.38 bits per heavy atom. The van der Waals surface area contributed by atoms with Gasteiger partial charge in [0.15, 0.2) is 11.5 Å². The smallest absolute Gasteiger partial charge is 0.231 e. The predicted octanol–water partition coefficient (Wildman–Crippen LogP) is 1.85. The van der Waals surface area contributed by atoms with Crippen molar-refractivity contribution in [2.45, 2.75) is 18.9 Å². The van der Waals surface area contributed by atoms with Crippen LogP contribution in [0.2, 0.25) is 0 Å². The molecule has 4 nitrogen and oxygen atoms in total. The van der Waals surface area contributed by atoms with Crippen molar-refractivity contribution in [3.63, 3.8) is 0 Å². The molecule has 0 aliphatic carbocycles. The maximum absolute atomic E-state index is 5.46. The van der Waals surface area contributed by atoms with Gasteiger partial charge in [0.25, 0.3) is 0 Å². The molecule has 2 heterocycles. The first kappa shape index (κ1) is 9.78. The second kappa shape index (κ2) is 3.87. The molecule has 1 atom stereocenters. The average molecular weight is 221 g/mol. The second-order valence-electron chi connectivity index (χ2n) is 4.07. The van der Waals surface area contributed by atoms with E-state index in [1.807, 2.05) is 6.07 Å². The molecule has 0 saturated carbocycles. The highest BCUT2D eigenvalue weighted by Crippen LogP contribution is 2.46. The van der Waals surface area contributed by atoms with Gasteiger partial charge in [0.2, 0.25) is 12.5 Å². The van der Waals surface area contributed by atoms with Gasteiger partial charge in [0, 0.05) is 11.6 Å². The molecular weight excluding hydrogens is 206 g/mol. The predicted molar refractivity (Wildman–Crippen MR) is 59.1 cm³/mol. The third-order valence-corrected chi connectivity index (χ3v) is 3.16. The van der Waals surface area contributed by atoms with Gasteiger partial charge in [-0.05, 0) is 31.5 Å². The monoisotopic (exact) mass is 221 g/mol. The average Bonchev–Trinajstić information content (AvgIpc) is 2.97. The fraction of sp³-hybridized carbons (Fsp3) is 0.500. The van der Waals surface area contributed by atoms with Gasteiger partial charge >= 0.3 is 0 Å². The summed E-state index contributed by atoms with van der Waals surface area (Å²) in [6, 6.07) is 4.40. The molecule has 16 heavy (non-hydrogen) atoms. The van der Waals surface area contributed by atoms with Crippen LogP contribution >= 0.6 is 0 Å². The van der Waals surface area contributed by atoms with Crippen LogP contribution in [0, 0.1) is 0 Å². The molecule has 0 amide bonds. The van der Waals surface area contributed by atoms with Crippen LogP contribution in [0.4, 0.5) is 0 Å². The van der Waals surface area contributed by atoms with Crippen LogP contribution in [0.25, 0.3) is 0 Å². The van der Waals surface area contributed by atoms with Crippen LogP contribution < -0.4 is 19.5 Å². The third kappa shape index (κ3) is 1.41. The number of benzene rings is 1. The van der Waals surface area contributed by atoms with Gasteiger partial charge < -0.3 is 19.5 Å². The maximum Gasteiger partial charge on any atom is 0.231 e. The quantitative estimate of drug-likeness (QED) is 0.827. The van der Waals surface area contributed by atoms with E-state index < -0.39 is 0 Å². The number of ether oxygens (including phenoxy) is 3. The van der Waals surface area contributed by atoms with Crippen LogP contribution in [0.5, 0.6) is 17.2 Å². The SMILES string of the molecule is COc1c(C2CCCN2)ccc2c1OCO2. The van der Waals surface area contributed by atoms with Crippen LogP contribution in [-0.2, 0) is 0 Å². The molecule has 0 radical (unpaired) electrons. The Hall–Kier alpha value is -1.42. The van der Waals surface area contributed by atoms with Crippen LogP contribution in [-0.4, -0.2) is 20.4 Å². The lowest BCUT2D eigenvalue weighted by atomic mass is 10.0. The first-order chi connectivity index (χ1) is 7.90. The molecule has 2 aliphatic heterocycles. The normalized spacial score (nSPS) is 22.4. The molecule has 1 N–H and O–H groups in total. The number of methoxy groups -OCH3 is 1. The summed E-state index contributed by atoms with van der Waals surface area (Å²) in [5.41, 5.74) is 1.17. The molecule has 0 spiro atoms. The first-order valence-corrected chi connectivity index (χ1v) is 5.60. The van der Waals surface area contributed by atoms with E-state index in [1.54, 1.807) is 7.11 Å². The zero-order valence-electron chi connectivity index (χ0n) is 9.29. The summed E-state index contributed by atoms with van der Waals surface area (Å²) in [6.07, 6.45) is 2.36. The number of hydrogen-bond donors (Lipinski definition) is 1. The van der Waals surface area contributed by atoms with Crippen molar-refractivity contribution in [2.75, 3.05) is 20.4 Å². The molecular formula is C12H15NO3. The Bertz CT molecular complexity index is 399. The van der Waals surface area contributed by atoms with E-state index >= 15 is 0 Å². The molecule has 1 unspecified atom stereocenters. The highest BCUT2D eigenvalue weighted by atomic mass is 16.7.